The topological polar surface area (TPSA) is 58.0 Å². The zero-order valence-electron chi connectivity index (χ0n) is 16.4. The minimum atomic E-state index is 0.122. The fraction of sp³-hybridized carbons (Fsp3) is 0.320. The predicted octanol–water partition coefficient (Wildman–Crippen LogP) is 5.83. The molecule has 1 saturated heterocycles. The van der Waals surface area contributed by atoms with Crippen LogP contribution in [0.5, 0.6) is 5.75 Å². The minimum absolute atomic E-state index is 0.122. The maximum Gasteiger partial charge on any atom is 0.137 e. The number of benzene rings is 2. The minimum Gasteiger partial charge on any atom is -0.489 e. The molecule has 3 aromatic rings. The zero-order valence-corrected chi connectivity index (χ0v) is 16.4. The van der Waals surface area contributed by atoms with Gasteiger partial charge in [0.05, 0.1) is 18.8 Å². The largest absolute Gasteiger partial charge is 0.489 e. The summed E-state index contributed by atoms with van der Waals surface area (Å²) >= 11 is 0. The number of H-pyrrole nitrogens is 1. The Balaban J connectivity index is 1.50. The van der Waals surface area contributed by atoms with Gasteiger partial charge in [0.1, 0.15) is 17.9 Å². The molecule has 1 aliphatic heterocycles. The van der Waals surface area contributed by atoms with E-state index in [1.807, 2.05) is 12.1 Å². The van der Waals surface area contributed by atoms with Gasteiger partial charge in [-0.15, -0.1) is 0 Å². The number of hydrogen-bond acceptors (Lipinski definition) is 3. The van der Waals surface area contributed by atoms with E-state index in [9.17, 15) is 5.26 Å². The molecule has 2 aliphatic rings. The Hall–Kier alpha value is -3.03. The lowest BCUT2D eigenvalue weighted by Crippen LogP contribution is -2.26. The van der Waals surface area contributed by atoms with E-state index in [0.29, 0.717) is 11.3 Å². The van der Waals surface area contributed by atoms with Crippen molar-refractivity contribution < 1.29 is 9.47 Å². The molecule has 2 heterocycles. The summed E-state index contributed by atoms with van der Waals surface area (Å²) in [6.07, 6.45) is 7.73. The number of nitrogens with one attached hydrogen (secondary N) is 1. The van der Waals surface area contributed by atoms with Crippen LogP contribution in [-0.4, -0.2) is 24.3 Å². The molecular weight excluding hydrogens is 360 g/mol. The van der Waals surface area contributed by atoms with E-state index in [-0.39, 0.29) is 6.10 Å². The monoisotopic (exact) mass is 384 g/mol. The third-order valence-electron chi connectivity index (χ3n) is 5.92. The van der Waals surface area contributed by atoms with Gasteiger partial charge < -0.3 is 14.5 Å². The summed E-state index contributed by atoms with van der Waals surface area (Å²) in [6, 6.07) is 16.8. The molecule has 0 amide bonds. The van der Waals surface area contributed by atoms with Gasteiger partial charge in [0.2, 0.25) is 0 Å². The highest BCUT2D eigenvalue weighted by Crippen LogP contribution is 2.35. The molecule has 4 heteroatoms. The number of aromatic nitrogens is 1. The van der Waals surface area contributed by atoms with Gasteiger partial charge in [-0.1, -0.05) is 24.3 Å². The molecule has 0 bridgehead atoms. The van der Waals surface area contributed by atoms with Gasteiger partial charge in [0.25, 0.3) is 0 Å². The molecule has 0 spiro atoms. The summed E-state index contributed by atoms with van der Waals surface area (Å²) in [5.41, 5.74) is 6.51. The molecule has 1 aromatic heterocycles. The Morgan fingerprint density at radius 1 is 1.10 bits per heavy atom. The first-order valence-corrected chi connectivity index (χ1v) is 10.4. The summed E-state index contributed by atoms with van der Waals surface area (Å²) in [5.74, 6) is 0.668. The van der Waals surface area contributed by atoms with Crippen LogP contribution in [0.4, 0.5) is 0 Å². The van der Waals surface area contributed by atoms with Crippen LogP contribution in [0.3, 0.4) is 0 Å². The Labute approximate surface area is 170 Å². The van der Waals surface area contributed by atoms with Crippen LogP contribution >= 0.6 is 0 Å². The highest BCUT2D eigenvalue weighted by Gasteiger charge is 2.18. The molecule has 1 aliphatic carbocycles. The number of nitrogens with zero attached hydrogens (tertiary/aromatic N) is 1. The van der Waals surface area contributed by atoms with Gasteiger partial charge in [0.15, 0.2) is 0 Å². The SMILES string of the molecule is N#Cc1cc(-c2cccc3[nH]c(C4=CCCC4)cc23)ccc1OC1CCOCC1. The van der Waals surface area contributed by atoms with Crippen molar-refractivity contribution in [3.05, 3.63) is 59.8 Å². The second-order valence-corrected chi connectivity index (χ2v) is 7.82. The first kappa shape index (κ1) is 18.0. The summed E-state index contributed by atoms with van der Waals surface area (Å²) < 4.78 is 11.5. The fourth-order valence-corrected chi connectivity index (χ4v) is 4.36. The number of rotatable bonds is 4. The molecular formula is C25H24N2O2. The van der Waals surface area contributed by atoms with E-state index >= 15 is 0 Å². The third kappa shape index (κ3) is 3.54. The Morgan fingerprint density at radius 2 is 2.00 bits per heavy atom. The second-order valence-electron chi connectivity index (χ2n) is 7.82. The molecule has 29 heavy (non-hydrogen) atoms. The van der Waals surface area contributed by atoms with Crippen LogP contribution in [0.2, 0.25) is 0 Å². The van der Waals surface area contributed by atoms with Crippen LogP contribution < -0.4 is 4.74 Å². The van der Waals surface area contributed by atoms with Crippen LogP contribution in [0, 0.1) is 11.3 Å². The van der Waals surface area contributed by atoms with Crippen molar-refractivity contribution in [2.24, 2.45) is 0 Å². The van der Waals surface area contributed by atoms with Crippen molar-refractivity contribution in [2.75, 3.05) is 13.2 Å². The number of allylic oxidation sites excluding steroid dienone is 2. The van der Waals surface area contributed by atoms with Crippen molar-refractivity contribution in [2.45, 2.75) is 38.2 Å². The highest BCUT2D eigenvalue weighted by atomic mass is 16.5. The summed E-state index contributed by atoms with van der Waals surface area (Å²) in [7, 11) is 0. The predicted molar refractivity (Wildman–Crippen MR) is 115 cm³/mol. The van der Waals surface area contributed by atoms with Crippen LogP contribution in [-0.2, 0) is 4.74 Å². The van der Waals surface area contributed by atoms with Crippen LogP contribution in [0.15, 0.2) is 48.5 Å². The summed E-state index contributed by atoms with van der Waals surface area (Å²) in [6.45, 7) is 1.44. The average molecular weight is 384 g/mol. The van der Waals surface area contributed by atoms with E-state index < -0.39 is 0 Å². The van der Waals surface area contributed by atoms with E-state index in [1.54, 1.807) is 0 Å². The quantitative estimate of drug-likeness (QED) is 0.615. The number of fused-ring (bicyclic) bond motifs is 1. The summed E-state index contributed by atoms with van der Waals surface area (Å²) in [4.78, 5) is 3.57. The van der Waals surface area contributed by atoms with Crippen molar-refractivity contribution in [1.82, 2.24) is 4.98 Å². The second kappa shape index (κ2) is 7.77. The van der Waals surface area contributed by atoms with Crippen molar-refractivity contribution in [1.29, 1.82) is 5.26 Å². The van der Waals surface area contributed by atoms with Gasteiger partial charge in [-0.3, -0.25) is 0 Å². The first-order chi connectivity index (χ1) is 14.3. The first-order valence-electron chi connectivity index (χ1n) is 10.4. The van der Waals surface area contributed by atoms with Crippen molar-refractivity contribution >= 4 is 16.5 Å². The lowest BCUT2D eigenvalue weighted by Gasteiger charge is -2.24. The van der Waals surface area contributed by atoms with Gasteiger partial charge in [-0.25, -0.2) is 0 Å². The van der Waals surface area contributed by atoms with Crippen LogP contribution in [0.1, 0.15) is 43.4 Å². The standard InChI is InChI=1S/C25H24N2O2/c26-16-19-14-18(8-9-25(19)29-20-10-12-28-13-11-20)21-6-3-7-23-22(21)15-24(27-23)17-4-1-2-5-17/h3-4,6-9,14-15,20,27H,1-2,5,10-13H2. The third-order valence-corrected chi connectivity index (χ3v) is 5.92. The van der Waals surface area contributed by atoms with Crippen LogP contribution in [0.25, 0.3) is 27.6 Å². The maximum absolute atomic E-state index is 9.71. The molecule has 0 radical (unpaired) electrons. The van der Waals surface area contributed by atoms with Gasteiger partial charge in [-0.05, 0) is 60.2 Å². The molecule has 146 valence electrons. The molecule has 1 N–H and O–H groups in total. The number of aromatic amines is 1. The van der Waals surface area contributed by atoms with Gasteiger partial charge in [-0.2, -0.15) is 5.26 Å². The number of nitriles is 1. The van der Waals surface area contributed by atoms with Crippen molar-refractivity contribution in [3.8, 4) is 22.9 Å². The van der Waals surface area contributed by atoms with Gasteiger partial charge in [0, 0.05) is 29.4 Å². The average Bonchev–Trinajstić information content (AvgIpc) is 3.44. The smallest absolute Gasteiger partial charge is 0.137 e. The Kier molecular flexibility index (Phi) is 4.83. The van der Waals surface area contributed by atoms with Crippen molar-refractivity contribution in [3.63, 3.8) is 0 Å². The molecule has 5 rings (SSSR count). The molecule has 4 nitrogen and oxygen atoms in total. The Bertz CT molecular complexity index is 1110. The number of ether oxygens (including phenoxy) is 2. The maximum atomic E-state index is 9.71. The number of hydrogen-bond donors (Lipinski definition) is 1. The normalized spacial score (nSPS) is 17.3. The van der Waals surface area contributed by atoms with E-state index in [4.69, 9.17) is 9.47 Å². The lowest BCUT2D eigenvalue weighted by molar-refractivity contribution is 0.0254. The molecule has 0 atom stereocenters. The molecule has 1 fully saturated rings. The highest BCUT2D eigenvalue weighted by molar-refractivity contribution is 5.97. The van der Waals surface area contributed by atoms with E-state index in [2.05, 4.69) is 47.5 Å². The molecule has 2 aromatic carbocycles. The van der Waals surface area contributed by atoms with E-state index in [1.165, 1.54) is 23.1 Å². The Morgan fingerprint density at radius 3 is 2.79 bits per heavy atom. The summed E-state index contributed by atoms with van der Waals surface area (Å²) in [5, 5.41) is 10.9. The van der Waals surface area contributed by atoms with E-state index in [0.717, 1.165) is 55.5 Å². The molecule has 0 unspecified atom stereocenters. The molecule has 0 saturated carbocycles. The zero-order chi connectivity index (χ0) is 19.6. The lowest BCUT2D eigenvalue weighted by atomic mass is 9.99. The van der Waals surface area contributed by atoms with Gasteiger partial charge >= 0.3 is 0 Å². The fourth-order valence-electron chi connectivity index (χ4n) is 4.36.